The van der Waals surface area contributed by atoms with Gasteiger partial charge in [-0.15, -0.1) is 10.2 Å². The second-order valence-corrected chi connectivity index (χ2v) is 5.70. The van der Waals surface area contributed by atoms with Gasteiger partial charge < -0.3 is 15.0 Å². The summed E-state index contributed by atoms with van der Waals surface area (Å²) in [6, 6.07) is 3.68. The molecule has 2 aromatic rings. The number of aromatic nitrogens is 4. The largest absolute Gasteiger partial charge is 0.480 e. The molecule has 0 fully saturated rings. The Morgan fingerprint density at radius 2 is 2.15 bits per heavy atom. The second-order valence-electron chi connectivity index (χ2n) is 4.71. The van der Waals surface area contributed by atoms with E-state index in [0.29, 0.717) is 11.6 Å². The van der Waals surface area contributed by atoms with Gasteiger partial charge in [0.05, 0.1) is 12.8 Å². The molecule has 106 valence electrons. The molecule has 0 aromatic carbocycles. The number of anilines is 1. The van der Waals surface area contributed by atoms with E-state index in [2.05, 4.69) is 19.7 Å². The molecule has 2 N–H and O–H groups in total. The predicted molar refractivity (Wildman–Crippen MR) is 76.9 cm³/mol. The molecule has 3 heterocycles. The van der Waals surface area contributed by atoms with Crippen molar-refractivity contribution in [2.24, 2.45) is 0 Å². The third kappa shape index (κ3) is 2.58. The third-order valence-corrected chi connectivity index (χ3v) is 4.25. The molecule has 6 nitrogen and oxygen atoms in total. The molecule has 7 heteroatoms. The lowest BCUT2D eigenvalue weighted by Gasteiger charge is -2.07. The minimum atomic E-state index is 0.450. The number of ether oxygens (including phenoxy) is 1. The molecule has 0 spiro atoms. The first-order valence-corrected chi connectivity index (χ1v) is 7.50. The van der Waals surface area contributed by atoms with Crippen LogP contribution in [0.4, 0.5) is 5.69 Å². The Bertz CT molecular complexity index is 613. The molecule has 0 radical (unpaired) electrons. The molecule has 3 rings (SSSR count). The van der Waals surface area contributed by atoms with Crippen molar-refractivity contribution in [1.82, 2.24) is 19.7 Å². The topological polar surface area (TPSA) is 78.9 Å². The molecule has 0 saturated carbocycles. The first kappa shape index (κ1) is 13.2. The Labute approximate surface area is 121 Å². The highest BCUT2D eigenvalue weighted by Crippen LogP contribution is 2.30. The smallest absolute Gasteiger partial charge is 0.237 e. The van der Waals surface area contributed by atoms with Crippen molar-refractivity contribution in [3.8, 4) is 5.88 Å². The Morgan fingerprint density at radius 3 is 3.00 bits per heavy atom. The maximum atomic E-state index is 5.77. The first-order valence-electron chi connectivity index (χ1n) is 6.68. The predicted octanol–water partition coefficient (Wildman–Crippen LogP) is 2.14. The summed E-state index contributed by atoms with van der Waals surface area (Å²) < 4.78 is 7.34. The summed E-state index contributed by atoms with van der Waals surface area (Å²) in [5, 5.41) is 10.3. The number of nitrogens with two attached hydrogens (primary N) is 1. The summed E-state index contributed by atoms with van der Waals surface area (Å²) in [4.78, 5) is 4.37. The Hall–Kier alpha value is -1.76. The quantitative estimate of drug-likeness (QED) is 0.933. The number of rotatable bonds is 3. The molecule has 20 heavy (non-hydrogen) atoms. The zero-order valence-electron chi connectivity index (χ0n) is 11.4. The van der Waals surface area contributed by atoms with Crippen molar-refractivity contribution in [3.05, 3.63) is 18.0 Å². The molecule has 0 amide bonds. The van der Waals surface area contributed by atoms with Crippen LogP contribution in [0.3, 0.4) is 0 Å². The van der Waals surface area contributed by atoms with Crippen molar-refractivity contribution >= 4 is 17.4 Å². The summed E-state index contributed by atoms with van der Waals surface area (Å²) in [7, 11) is 1.57. The van der Waals surface area contributed by atoms with Crippen LogP contribution in [0.1, 0.15) is 25.1 Å². The fourth-order valence-electron chi connectivity index (χ4n) is 2.28. The molecule has 0 unspecified atom stereocenters. The van der Waals surface area contributed by atoms with Crippen molar-refractivity contribution in [2.45, 2.75) is 42.4 Å². The minimum Gasteiger partial charge on any atom is -0.480 e. The molecule has 2 aromatic heterocycles. The van der Waals surface area contributed by atoms with Crippen LogP contribution in [0.25, 0.3) is 0 Å². The van der Waals surface area contributed by atoms with Gasteiger partial charge in [0, 0.05) is 13.0 Å². The van der Waals surface area contributed by atoms with Gasteiger partial charge in [-0.25, -0.2) is 4.98 Å². The van der Waals surface area contributed by atoms with Crippen molar-refractivity contribution in [2.75, 3.05) is 12.8 Å². The molecule has 0 saturated heterocycles. The van der Waals surface area contributed by atoms with Crippen LogP contribution in [-0.4, -0.2) is 26.9 Å². The lowest BCUT2D eigenvalue weighted by Crippen LogP contribution is -2.02. The van der Waals surface area contributed by atoms with E-state index in [4.69, 9.17) is 10.5 Å². The van der Waals surface area contributed by atoms with E-state index >= 15 is 0 Å². The fraction of sp³-hybridized carbons (Fsp3) is 0.462. The van der Waals surface area contributed by atoms with Crippen molar-refractivity contribution in [3.63, 3.8) is 0 Å². The van der Waals surface area contributed by atoms with E-state index < -0.39 is 0 Å². The third-order valence-electron chi connectivity index (χ3n) is 3.33. The summed E-state index contributed by atoms with van der Waals surface area (Å²) in [6.45, 7) is 0.983. The highest BCUT2D eigenvalue weighted by atomic mass is 32.2. The highest BCUT2D eigenvalue weighted by molar-refractivity contribution is 7.99. The van der Waals surface area contributed by atoms with E-state index in [-0.39, 0.29) is 0 Å². The monoisotopic (exact) mass is 291 g/mol. The summed E-state index contributed by atoms with van der Waals surface area (Å²) in [5.41, 5.74) is 6.31. The van der Waals surface area contributed by atoms with Gasteiger partial charge >= 0.3 is 0 Å². The number of nitrogen functional groups attached to an aromatic ring is 1. The minimum absolute atomic E-state index is 0.450. The maximum Gasteiger partial charge on any atom is 0.237 e. The number of pyridine rings is 1. The van der Waals surface area contributed by atoms with E-state index in [1.165, 1.54) is 31.0 Å². The van der Waals surface area contributed by atoms with Crippen LogP contribution < -0.4 is 10.5 Å². The normalized spacial score (nSPS) is 14.7. The summed E-state index contributed by atoms with van der Waals surface area (Å²) in [6.07, 6.45) is 4.63. The van der Waals surface area contributed by atoms with Gasteiger partial charge in [0.15, 0.2) is 5.16 Å². The molecule has 1 aliphatic rings. The summed E-state index contributed by atoms with van der Waals surface area (Å²) >= 11 is 1.50. The van der Waals surface area contributed by atoms with Gasteiger partial charge in [0.1, 0.15) is 10.9 Å². The van der Waals surface area contributed by atoms with E-state index in [1.807, 2.05) is 6.07 Å². The first-order chi connectivity index (χ1) is 9.78. The number of nitrogens with zero attached hydrogens (tertiary/aromatic N) is 4. The number of methoxy groups -OCH3 is 1. The van der Waals surface area contributed by atoms with Crippen LogP contribution in [0.15, 0.2) is 22.3 Å². The Kier molecular flexibility index (Phi) is 3.77. The zero-order valence-corrected chi connectivity index (χ0v) is 12.2. The summed E-state index contributed by atoms with van der Waals surface area (Å²) in [5.74, 6) is 1.53. The van der Waals surface area contributed by atoms with Gasteiger partial charge in [0.2, 0.25) is 5.88 Å². The van der Waals surface area contributed by atoms with Gasteiger partial charge in [0.25, 0.3) is 0 Å². The van der Waals surface area contributed by atoms with Crippen LogP contribution >= 0.6 is 11.8 Å². The Balaban J connectivity index is 1.86. The number of fused-ring (bicyclic) bond motifs is 1. The standard InChI is InChI=1S/C13H17N5OS/c1-19-12-9(14)6-7-11(15-12)20-13-17-16-10-5-3-2-4-8-18(10)13/h6-7H,2-5,8,14H2,1H3. The van der Waals surface area contributed by atoms with E-state index in [9.17, 15) is 0 Å². The molecular formula is C13H17N5OS. The zero-order chi connectivity index (χ0) is 13.9. The van der Waals surface area contributed by atoms with Gasteiger partial charge in [-0.3, -0.25) is 0 Å². The van der Waals surface area contributed by atoms with Crippen LogP contribution in [0, 0.1) is 0 Å². The number of aryl methyl sites for hydroxylation is 1. The lowest BCUT2D eigenvalue weighted by molar-refractivity contribution is 0.397. The average Bonchev–Trinajstić information content (AvgIpc) is 2.69. The van der Waals surface area contributed by atoms with Crippen LogP contribution in [0.2, 0.25) is 0 Å². The SMILES string of the molecule is COc1nc(Sc2nnc3n2CCCCC3)ccc1N. The van der Waals surface area contributed by atoms with E-state index in [0.717, 1.165) is 29.0 Å². The molecule has 0 bridgehead atoms. The second kappa shape index (κ2) is 5.70. The lowest BCUT2D eigenvalue weighted by atomic mass is 10.2. The molecular weight excluding hydrogens is 274 g/mol. The van der Waals surface area contributed by atoms with E-state index in [1.54, 1.807) is 13.2 Å². The van der Waals surface area contributed by atoms with Crippen molar-refractivity contribution < 1.29 is 4.74 Å². The average molecular weight is 291 g/mol. The Morgan fingerprint density at radius 1 is 1.25 bits per heavy atom. The fourth-order valence-corrected chi connectivity index (χ4v) is 3.12. The molecule has 0 atom stereocenters. The van der Waals surface area contributed by atoms with Crippen LogP contribution in [-0.2, 0) is 13.0 Å². The number of hydrogen-bond acceptors (Lipinski definition) is 6. The molecule has 0 aliphatic carbocycles. The highest BCUT2D eigenvalue weighted by Gasteiger charge is 2.16. The van der Waals surface area contributed by atoms with Crippen molar-refractivity contribution in [1.29, 1.82) is 0 Å². The number of hydrogen-bond donors (Lipinski definition) is 1. The van der Waals surface area contributed by atoms with Gasteiger partial charge in [-0.1, -0.05) is 6.42 Å². The van der Waals surface area contributed by atoms with Crippen LogP contribution in [0.5, 0.6) is 5.88 Å². The molecule has 1 aliphatic heterocycles. The maximum absolute atomic E-state index is 5.77. The van der Waals surface area contributed by atoms with Gasteiger partial charge in [-0.2, -0.15) is 0 Å². The van der Waals surface area contributed by atoms with Gasteiger partial charge in [-0.05, 0) is 36.7 Å².